The van der Waals surface area contributed by atoms with Crippen molar-refractivity contribution in [3.8, 4) is 0 Å². The average Bonchev–Trinajstić information content (AvgIpc) is 2.17. The van der Waals surface area contributed by atoms with Gasteiger partial charge in [0.25, 0.3) is 0 Å². The smallest absolute Gasteiger partial charge is 0.185 e. The standard InChI is InChI=1S/C11H17NO2/c1-4-13-11(14-5-2)10-6-9(3)7-12-8-10/h6-8,11H,4-5H2,1-3H3. The quantitative estimate of drug-likeness (QED) is 0.676. The highest BCUT2D eigenvalue weighted by molar-refractivity contribution is 5.17. The van der Waals surface area contributed by atoms with Crippen LogP contribution in [0.15, 0.2) is 18.5 Å². The van der Waals surface area contributed by atoms with Crippen LogP contribution in [0.4, 0.5) is 0 Å². The largest absolute Gasteiger partial charge is 0.349 e. The van der Waals surface area contributed by atoms with Gasteiger partial charge in [-0.15, -0.1) is 0 Å². The zero-order chi connectivity index (χ0) is 10.4. The first-order valence-electron chi connectivity index (χ1n) is 4.92. The molecule has 0 bridgehead atoms. The summed E-state index contributed by atoms with van der Waals surface area (Å²) in [6.45, 7) is 7.19. The molecular formula is C11H17NO2. The number of hydrogen-bond acceptors (Lipinski definition) is 3. The van der Waals surface area contributed by atoms with Crippen molar-refractivity contribution in [2.24, 2.45) is 0 Å². The van der Waals surface area contributed by atoms with Crippen LogP contribution in [-0.2, 0) is 9.47 Å². The van der Waals surface area contributed by atoms with Gasteiger partial charge in [-0.05, 0) is 32.4 Å². The first-order chi connectivity index (χ1) is 6.77. The normalized spacial score (nSPS) is 10.9. The van der Waals surface area contributed by atoms with Gasteiger partial charge in [0, 0.05) is 31.2 Å². The van der Waals surface area contributed by atoms with Gasteiger partial charge in [0.2, 0.25) is 0 Å². The number of aromatic nitrogens is 1. The maximum atomic E-state index is 5.46. The molecule has 1 rings (SSSR count). The second-order valence-electron chi connectivity index (χ2n) is 3.04. The summed E-state index contributed by atoms with van der Waals surface area (Å²) in [6.07, 6.45) is 3.32. The third-order valence-corrected chi connectivity index (χ3v) is 1.80. The van der Waals surface area contributed by atoms with E-state index in [2.05, 4.69) is 4.98 Å². The van der Waals surface area contributed by atoms with Crippen LogP contribution in [0.5, 0.6) is 0 Å². The van der Waals surface area contributed by atoms with Crippen LogP contribution in [0.2, 0.25) is 0 Å². The monoisotopic (exact) mass is 195 g/mol. The van der Waals surface area contributed by atoms with Gasteiger partial charge >= 0.3 is 0 Å². The number of hydrogen-bond donors (Lipinski definition) is 0. The highest BCUT2D eigenvalue weighted by Gasteiger charge is 2.10. The second kappa shape index (κ2) is 5.73. The molecule has 1 aromatic heterocycles. The minimum atomic E-state index is -0.280. The fraction of sp³-hybridized carbons (Fsp3) is 0.545. The SMILES string of the molecule is CCOC(OCC)c1cncc(C)c1. The van der Waals surface area contributed by atoms with E-state index in [0.29, 0.717) is 13.2 Å². The van der Waals surface area contributed by atoms with Crippen molar-refractivity contribution in [1.29, 1.82) is 0 Å². The molecule has 0 aliphatic rings. The van der Waals surface area contributed by atoms with E-state index in [0.717, 1.165) is 11.1 Å². The van der Waals surface area contributed by atoms with Crippen molar-refractivity contribution >= 4 is 0 Å². The molecule has 1 aromatic rings. The summed E-state index contributed by atoms with van der Waals surface area (Å²) in [4.78, 5) is 4.11. The molecule has 0 unspecified atom stereocenters. The number of nitrogens with zero attached hydrogens (tertiary/aromatic N) is 1. The lowest BCUT2D eigenvalue weighted by Crippen LogP contribution is -2.09. The highest BCUT2D eigenvalue weighted by atomic mass is 16.7. The fourth-order valence-corrected chi connectivity index (χ4v) is 1.25. The Labute approximate surface area is 85.1 Å². The molecule has 0 N–H and O–H groups in total. The van der Waals surface area contributed by atoms with Gasteiger partial charge in [-0.25, -0.2) is 0 Å². The van der Waals surface area contributed by atoms with E-state index in [1.54, 1.807) is 6.20 Å². The zero-order valence-corrected chi connectivity index (χ0v) is 8.99. The first-order valence-corrected chi connectivity index (χ1v) is 4.92. The zero-order valence-electron chi connectivity index (χ0n) is 8.99. The maximum Gasteiger partial charge on any atom is 0.185 e. The van der Waals surface area contributed by atoms with E-state index in [-0.39, 0.29) is 6.29 Å². The Morgan fingerprint density at radius 2 is 1.86 bits per heavy atom. The molecule has 78 valence electrons. The van der Waals surface area contributed by atoms with E-state index in [9.17, 15) is 0 Å². The van der Waals surface area contributed by atoms with E-state index >= 15 is 0 Å². The van der Waals surface area contributed by atoms with Gasteiger partial charge in [0.05, 0.1) is 0 Å². The summed E-state index contributed by atoms with van der Waals surface area (Å²) < 4.78 is 10.9. The molecule has 0 saturated carbocycles. The van der Waals surface area contributed by atoms with Crippen molar-refractivity contribution in [1.82, 2.24) is 4.98 Å². The lowest BCUT2D eigenvalue weighted by molar-refractivity contribution is -0.140. The van der Waals surface area contributed by atoms with Gasteiger partial charge < -0.3 is 9.47 Å². The van der Waals surface area contributed by atoms with E-state index < -0.39 is 0 Å². The molecule has 0 fully saturated rings. The molecule has 1 heterocycles. The predicted octanol–water partition coefficient (Wildman–Crippen LogP) is 2.46. The summed E-state index contributed by atoms with van der Waals surface area (Å²) >= 11 is 0. The lowest BCUT2D eigenvalue weighted by Gasteiger charge is -2.16. The van der Waals surface area contributed by atoms with Crippen LogP contribution in [-0.4, -0.2) is 18.2 Å². The molecule has 0 aliphatic carbocycles. The number of pyridine rings is 1. The number of ether oxygens (including phenoxy) is 2. The van der Waals surface area contributed by atoms with E-state index in [1.165, 1.54) is 0 Å². The van der Waals surface area contributed by atoms with Crippen LogP contribution < -0.4 is 0 Å². The Hall–Kier alpha value is -0.930. The third kappa shape index (κ3) is 3.09. The number of aryl methyl sites for hydroxylation is 1. The molecule has 0 atom stereocenters. The number of rotatable bonds is 5. The minimum Gasteiger partial charge on any atom is -0.349 e. The molecule has 0 aromatic carbocycles. The summed E-state index contributed by atoms with van der Waals surface area (Å²) in [5, 5.41) is 0. The minimum absolute atomic E-state index is 0.280. The molecule has 3 nitrogen and oxygen atoms in total. The first kappa shape index (κ1) is 11.1. The maximum absolute atomic E-state index is 5.46. The van der Waals surface area contributed by atoms with Crippen molar-refractivity contribution in [3.63, 3.8) is 0 Å². The Morgan fingerprint density at radius 1 is 1.21 bits per heavy atom. The summed E-state index contributed by atoms with van der Waals surface area (Å²) in [7, 11) is 0. The summed E-state index contributed by atoms with van der Waals surface area (Å²) in [5.74, 6) is 0. The molecule has 0 aliphatic heterocycles. The van der Waals surface area contributed by atoms with Crippen molar-refractivity contribution < 1.29 is 9.47 Å². The molecule has 14 heavy (non-hydrogen) atoms. The van der Waals surface area contributed by atoms with Gasteiger partial charge in [-0.1, -0.05) is 0 Å². The van der Waals surface area contributed by atoms with E-state index in [4.69, 9.17) is 9.47 Å². The van der Waals surface area contributed by atoms with Crippen molar-refractivity contribution in [3.05, 3.63) is 29.6 Å². The van der Waals surface area contributed by atoms with Crippen LogP contribution in [0.3, 0.4) is 0 Å². The second-order valence-corrected chi connectivity index (χ2v) is 3.04. The van der Waals surface area contributed by atoms with Crippen molar-refractivity contribution in [2.45, 2.75) is 27.1 Å². The van der Waals surface area contributed by atoms with Crippen LogP contribution >= 0.6 is 0 Å². The van der Waals surface area contributed by atoms with Gasteiger partial charge in [0.1, 0.15) is 0 Å². The van der Waals surface area contributed by atoms with Crippen LogP contribution in [0, 0.1) is 6.92 Å². The fourth-order valence-electron chi connectivity index (χ4n) is 1.25. The van der Waals surface area contributed by atoms with Gasteiger partial charge in [0.15, 0.2) is 6.29 Å². The Kier molecular flexibility index (Phi) is 4.56. The molecule has 0 spiro atoms. The summed E-state index contributed by atoms with van der Waals surface area (Å²) in [6, 6.07) is 2.03. The van der Waals surface area contributed by atoms with Crippen LogP contribution in [0.1, 0.15) is 31.3 Å². The Morgan fingerprint density at radius 3 is 2.36 bits per heavy atom. The molecule has 0 saturated heterocycles. The summed E-state index contributed by atoms with van der Waals surface area (Å²) in [5.41, 5.74) is 2.10. The van der Waals surface area contributed by atoms with Crippen molar-refractivity contribution in [2.75, 3.05) is 13.2 Å². The van der Waals surface area contributed by atoms with E-state index in [1.807, 2.05) is 33.0 Å². The Bertz CT molecular complexity index is 270. The topological polar surface area (TPSA) is 31.4 Å². The predicted molar refractivity (Wildman–Crippen MR) is 55.0 cm³/mol. The average molecular weight is 195 g/mol. The molecular weight excluding hydrogens is 178 g/mol. The van der Waals surface area contributed by atoms with Gasteiger partial charge in [-0.3, -0.25) is 4.98 Å². The molecule has 3 heteroatoms. The third-order valence-electron chi connectivity index (χ3n) is 1.80. The van der Waals surface area contributed by atoms with Gasteiger partial charge in [-0.2, -0.15) is 0 Å². The van der Waals surface area contributed by atoms with Crippen LogP contribution in [0.25, 0.3) is 0 Å². The molecule has 0 radical (unpaired) electrons. The molecule has 0 amide bonds. The lowest BCUT2D eigenvalue weighted by atomic mass is 10.2. The highest BCUT2D eigenvalue weighted by Crippen LogP contribution is 2.18. The Balaban J connectivity index is 2.75.